The average molecular weight is 190 g/mol. The smallest absolute Gasteiger partial charge is 0.160 e. The molecule has 0 aliphatic carbocycles. The van der Waals surface area contributed by atoms with Gasteiger partial charge in [0, 0.05) is 6.20 Å². The van der Waals surface area contributed by atoms with E-state index in [1.54, 1.807) is 0 Å². The summed E-state index contributed by atoms with van der Waals surface area (Å²) in [6.45, 7) is 2.95. The predicted molar refractivity (Wildman–Crippen MR) is 55.4 cm³/mol. The van der Waals surface area contributed by atoms with Crippen molar-refractivity contribution in [1.82, 2.24) is 19.9 Å². The third-order valence-corrected chi connectivity index (χ3v) is 2.30. The number of rotatable bonds is 3. The van der Waals surface area contributed by atoms with Crippen LogP contribution in [0.15, 0.2) is 18.3 Å². The van der Waals surface area contributed by atoms with Crippen molar-refractivity contribution in [2.75, 3.05) is 13.6 Å². The summed E-state index contributed by atoms with van der Waals surface area (Å²) < 4.78 is 2.02. The minimum atomic E-state index is 0.913. The molecule has 2 aromatic heterocycles. The summed E-state index contributed by atoms with van der Waals surface area (Å²) in [5.41, 5.74) is 2.21. The Labute approximate surface area is 83.0 Å². The van der Waals surface area contributed by atoms with Crippen LogP contribution in [0.4, 0.5) is 0 Å². The minimum absolute atomic E-state index is 0.913. The van der Waals surface area contributed by atoms with Crippen molar-refractivity contribution in [1.29, 1.82) is 0 Å². The Bertz CT molecular complexity index is 433. The van der Waals surface area contributed by atoms with Gasteiger partial charge in [0.1, 0.15) is 5.82 Å². The highest BCUT2D eigenvalue weighted by Crippen LogP contribution is 2.06. The lowest BCUT2D eigenvalue weighted by Gasteiger charge is -2.01. The molecule has 0 bridgehead atoms. The van der Waals surface area contributed by atoms with Crippen molar-refractivity contribution >= 4 is 5.65 Å². The fourth-order valence-corrected chi connectivity index (χ4v) is 1.47. The highest BCUT2D eigenvalue weighted by molar-refractivity contribution is 5.39. The molecule has 74 valence electrons. The van der Waals surface area contributed by atoms with Gasteiger partial charge in [0.05, 0.1) is 0 Å². The SMILES string of the molecule is CNCCc1ccc2nnc(C)n2c1. The number of pyridine rings is 1. The standard InChI is InChI=1S/C10H14N4/c1-8-12-13-10-4-3-9(5-6-11-2)7-14(8)10/h3-4,7,11H,5-6H2,1-2H3. The second-order valence-electron chi connectivity index (χ2n) is 3.37. The lowest BCUT2D eigenvalue weighted by atomic mass is 10.2. The van der Waals surface area contributed by atoms with Crippen molar-refractivity contribution in [3.8, 4) is 0 Å². The van der Waals surface area contributed by atoms with Gasteiger partial charge in [-0.3, -0.25) is 4.40 Å². The van der Waals surface area contributed by atoms with E-state index in [-0.39, 0.29) is 0 Å². The monoisotopic (exact) mass is 190 g/mol. The summed E-state index contributed by atoms with van der Waals surface area (Å²) in [6.07, 6.45) is 3.13. The number of aryl methyl sites for hydroxylation is 1. The van der Waals surface area contributed by atoms with Crippen LogP contribution in [0.2, 0.25) is 0 Å². The van der Waals surface area contributed by atoms with E-state index in [9.17, 15) is 0 Å². The predicted octanol–water partition coefficient (Wildman–Crippen LogP) is 0.800. The van der Waals surface area contributed by atoms with E-state index in [1.807, 2.05) is 24.4 Å². The third-order valence-electron chi connectivity index (χ3n) is 2.30. The molecule has 0 aliphatic heterocycles. The maximum absolute atomic E-state index is 4.04. The number of fused-ring (bicyclic) bond motifs is 1. The number of hydrogen-bond donors (Lipinski definition) is 1. The molecule has 0 saturated heterocycles. The summed E-state index contributed by atoms with van der Waals surface area (Å²) in [6, 6.07) is 4.10. The van der Waals surface area contributed by atoms with Crippen molar-refractivity contribution < 1.29 is 0 Å². The van der Waals surface area contributed by atoms with E-state index in [0.29, 0.717) is 0 Å². The summed E-state index contributed by atoms with van der Waals surface area (Å²) in [4.78, 5) is 0. The molecular weight excluding hydrogens is 176 g/mol. The van der Waals surface area contributed by atoms with Gasteiger partial charge in [-0.2, -0.15) is 0 Å². The van der Waals surface area contributed by atoms with Crippen LogP contribution < -0.4 is 5.32 Å². The van der Waals surface area contributed by atoms with Gasteiger partial charge in [0.2, 0.25) is 0 Å². The Kier molecular flexibility index (Phi) is 2.45. The van der Waals surface area contributed by atoms with Crippen LogP contribution in [-0.4, -0.2) is 28.2 Å². The van der Waals surface area contributed by atoms with Gasteiger partial charge in [-0.15, -0.1) is 10.2 Å². The fourth-order valence-electron chi connectivity index (χ4n) is 1.47. The average Bonchev–Trinajstić information content (AvgIpc) is 2.57. The minimum Gasteiger partial charge on any atom is -0.319 e. The van der Waals surface area contributed by atoms with Crippen molar-refractivity contribution in [2.24, 2.45) is 0 Å². The lowest BCUT2D eigenvalue weighted by Crippen LogP contribution is -2.10. The first-order chi connectivity index (χ1) is 6.81. The van der Waals surface area contributed by atoms with Crippen LogP contribution in [-0.2, 0) is 6.42 Å². The summed E-state index contributed by atoms with van der Waals surface area (Å²) in [5, 5.41) is 11.2. The number of hydrogen-bond acceptors (Lipinski definition) is 3. The molecular formula is C10H14N4. The maximum atomic E-state index is 4.04. The first-order valence-corrected chi connectivity index (χ1v) is 4.76. The van der Waals surface area contributed by atoms with Crippen LogP contribution in [0.5, 0.6) is 0 Å². The number of aromatic nitrogens is 3. The van der Waals surface area contributed by atoms with Crippen molar-refractivity contribution in [2.45, 2.75) is 13.3 Å². The topological polar surface area (TPSA) is 42.2 Å². The molecule has 14 heavy (non-hydrogen) atoms. The van der Waals surface area contributed by atoms with Gasteiger partial charge in [0.15, 0.2) is 5.65 Å². The summed E-state index contributed by atoms with van der Waals surface area (Å²) in [7, 11) is 1.96. The molecule has 0 atom stereocenters. The molecule has 0 aromatic carbocycles. The molecule has 0 fully saturated rings. The van der Waals surface area contributed by atoms with Crippen LogP contribution >= 0.6 is 0 Å². The normalized spacial score (nSPS) is 11.0. The Balaban J connectivity index is 2.34. The van der Waals surface area contributed by atoms with Gasteiger partial charge >= 0.3 is 0 Å². The van der Waals surface area contributed by atoms with E-state index >= 15 is 0 Å². The number of likely N-dealkylation sites (N-methyl/N-ethyl adjacent to an activating group) is 1. The van der Waals surface area contributed by atoms with Crippen LogP contribution in [0.1, 0.15) is 11.4 Å². The zero-order chi connectivity index (χ0) is 9.97. The first-order valence-electron chi connectivity index (χ1n) is 4.76. The van der Waals surface area contributed by atoms with Crippen LogP contribution in [0.3, 0.4) is 0 Å². The maximum Gasteiger partial charge on any atom is 0.160 e. The van der Waals surface area contributed by atoms with Gasteiger partial charge in [-0.05, 0) is 38.6 Å². The first kappa shape index (κ1) is 9.15. The van der Waals surface area contributed by atoms with Crippen molar-refractivity contribution in [3.05, 3.63) is 29.7 Å². The molecule has 4 nitrogen and oxygen atoms in total. The van der Waals surface area contributed by atoms with Crippen molar-refractivity contribution in [3.63, 3.8) is 0 Å². The van der Waals surface area contributed by atoms with E-state index in [4.69, 9.17) is 0 Å². The highest BCUT2D eigenvalue weighted by atomic mass is 15.2. The molecule has 1 N–H and O–H groups in total. The summed E-state index contributed by atoms with van der Waals surface area (Å²) in [5.74, 6) is 0.936. The Morgan fingerprint density at radius 1 is 1.36 bits per heavy atom. The lowest BCUT2D eigenvalue weighted by molar-refractivity contribution is 0.787. The summed E-state index contributed by atoms with van der Waals surface area (Å²) >= 11 is 0. The molecule has 2 aromatic rings. The van der Waals surface area contributed by atoms with E-state index < -0.39 is 0 Å². The van der Waals surface area contributed by atoms with Gasteiger partial charge in [-0.25, -0.2) is 0 Å². The second kappa shape index (κ2) is 3.75. The Morgan fingerprint density at radius 2 is 2.21 bits per heavy atom. The molecule has 0 saturated carbocycles. The second-order valence-corrected chi connectivity index (χ2v) is 3.37. The molecule has 0 unspecified atom stereocenters. The molecule has 0 spiro atoms. The third kappa shape index (κ3) is 1.61. The van der Waals surface area contributed by atoms with Gasteiger partial charge in [-0.1, -0.05) is 6.07 Å². The number of nitrogens with one attached hydrogen (secondary N) is 1. The molecule has 0 aliphatic rings. The zero-order valence-corrected chi connectivity index (χ0v) is 8.49. The molecule has 0 amide bonds. The Hall–Kier alpha value is -1.42. The van der Waals surface area contributed by atoms with E-state index in [2.05, 4.69) is 27.8 Å². The van der Waals surface area contributed by atoms with Crippen LogP contribution in [0, 0.1) is 6.92 Å². The largest absolute Gasteiger partial charge is 0.319 e. The van der Waals surface area contributed by atoms with Gasteiger partial charge in [0.25, 0.3) is 0 Å². The fraction of sp³-hybridized carbons (Fsp3) is 0.400. The molecule has 0 radical (unpaired) electrons. The van der Waals surface area contributed by atoms with Gasteiger partial charge < -0.3 is 5.32 Å². The highest BCUT2D eigenvalue weighted by Gasteiger charge is 2.00. The molecule has 4 heteroatoms. The quantitative estimate of drug-likeness (QED) is 0.778. The van der Waals surface area contributed by atoms with E-state index in [1.165, 1.54) is 5.56 Å². The van der Waals surface area contributed by atoms with Crippen LogP contribution in [0.25, 0.3) is 5.65 Å². The number of nitrogens with zero attached hydrogens (tertiary/aromatic N) is 3. The Morgan fingerprint density at radius 3 is 3.00 bits per heavy atom. The molecule has 2 heterocycles. The van der Waals surface area contributed by atoms with E-state index in [0.717, 1.165) is 24.4 Å². The zero-order valence-electron chi connectivity index (χ0n) is 8.49. The molecule has 2 rings (SSSR count).